The zero-order valence-corrected chi connectivity index (χ0v) is 26.1. The number of aromatic nitrogens is 2. The van der Waals surface area contributed by atoms with Gasteiger partial charge in [-0.3, -0.25) is 4.79 Å². The highest BCUT2D eigenvalue weighted by molar-refractivity contribution is 7.89. The van der Waals surface area contributed by atoms with E-state index in [0.717, 1.165) is 36.8 Å². The van der Waals surface area contributed by atoms with Crippen molar-refractivity contribution < 1.29 is 23.1 Å². The Hall–Kier alpha value is -3.71. The number of nitrogens with zero attached hydrogens (tertiary/aromatic N) is 4. The van der Waals surface area contributed by atoms with Crippen molar-refractivity contribution >= 4 is 48.7 Å². The molecule has 2 fully saturated rings. The fourth-order valence-electron chi connectivity index (χ4n) is 6.03. The quantitative estimate of drug-likeness (QED) is 0.254. The maximum Gasteiger partial charge on any atom is 0.335 e. The van der Waals surface area contributed by atoms with E-state index in [1.165, 1.54) is 15.6 Å². The van der Waals surface area contributed by atoms with E-state index in [1.54, 1.807) is 48.5 Å². The number of benzene rings is 2. The second kappa shape index (κ2) is 12.7. The number of carbonyl (C=O) groups is 2. The fraction of sp³-hybridized carbons (Fsp3) is 0.375. The summed E-state index contributed by atoms with van der Waals surface area (Å²) in [7, 11) is -1.61. The summed E-state index contributed by atoms with van der Waals surface area (Å²) >= 11 is 1.28. The van der Waals surface area contributed by atoms with Crippen molar-refractivity contribution in [3.8, 4) is 11.3 Å². The second-order valence-corrected chi connectivity index (χ2v) is 14.5. The molecule has 1 aliphatic heterocycles. The first-order valence-electron chi connectivity index (χ1n) is 14.9. The van der Waals surface area contributed by atoms with Crippen molar-refractivity contribution in [3.05, 3.63) is 71.8 Å². The first-order chi connectivity index (χ1) is 21.2. The average molecular weight is 634 g/mol. The fourth-order valence-corrected chi connectivity index (χ4v) is 8.29. The van der Waals surface area contributed by atoms with Crippen LogP contribution in [-0.2, 0) is 14.8 Å². The van der Waals surface area contributed by atoms with E-state index in [-0.39, 0.29) is 16.4 Å². The Labute approximate surface area is 260 Å². The summed E-state index contributed by atoms with van der Waals surface area (Å²) in [6.07, 6.45) is 5.18. The molecule has 1 atom stereocenters. The van der Waals surface area contributed by atoms with Gasteiger partial charge in [-0.25, -0.2) is 23.2 Å². The summed E-state index contributed by atoms with van der Waals surface area (Å²) in [5, 5.41) is 12.6. The minimum absolute atomic E-state index is 0.171. The van der Waals surface area contributed by atoms with Crippen molar-refractivity contribution in [2.75, 3.05) is 38.5 Å². The van der Waals surface area contributed by atoms with Gasteiger partial charge in [0, 0.05) is 31.7 Å². The molecule has 10 nitrogen and oxygen atoms in total. The van der Waals surface area contributed by atoms with Gasteiger partial charge in [0.2, 0.25) is 15.9 Å². The van der Waals surface area contributed by atoms with Crippen molar-refractivity contribution in [2.45, 2.75) is 42.9 Å². The van der Waals surface area contributed by atoms with Gasteiger partial charge in [0.25, 0.3) is 0 Å². The number of nitrogens with one attached hydrogen (secondary N) is 1. The van der Waals surface area contributed by atoms with E-state index in [4.69, 9.17) is 4.98 Å². The van der Waals surface area contributed by atoms with Gasteiger partial charge in [0.05, 0.1) is 22.1 Å². The molecule has 2 aromatic heterocycles. The number of hydrogen-bond donors (Lipinski definition) is 2. The van der Waals surface area contributed by atoms with E-state index in [1.807, 2.05) is 19.2 Å². The third-order valence-electron chi connectivity index (χ3n) is 8.66. The molecule has 2 aliphatic rings. The number of likely N-dealkylation sites (N-methyl/N-ethyl adjacent to an activating group) is 1. The number of rotatable bonds is 9. The number of anilines is 1. The number of amides is 1. The second-order valence-electron chi connectivity index (χ2n) is 11.6. The standard InChI is InChI=1S/C32H35N5O5S2/c1-36-16-18-37(19-17-36)44(41,42)25-12-10-22(11-13-25)26(20-21-4-2-3-5-21)29(38)35-32-34-28-15-14-27(33-30(28)43-32)23-6-8-24(9-7-23)31(39)40/h6-15,21,26H,2-5,16-20H2,1H3,(H,39,40)(H,34,35,38). The van der Waals surface area contributed by atoms with Crippen molar-refractivity contribution in [3.63, 3.8) is 0 Å². The lowest BCUT2D eigenvalue weighted by Gasteiger charge is -2.31. The summed E-state index contributed by atoms with van der Waals surface area (Å²) in [4.78, 5) is 37.3. The van der Waals surface area contributed by atoms with Crippen LogP contribution in [0.15, 0.2) is 65.6 Å². The number of hydrogen-bond acceptors (Lipinski definition) is 8. The molecule has 0 radical (unpaired) electrons. The maximum absolute atomic E-state index is 13.8. The molecule has 2 aromatic carbocycles. The van der Waals surface area contributed by atoms with E-state index in [2.05, 4.69) is 15.2 Å². The smallest absolute Gasteiger partial charge is 0.335 e. The molecule has 230 valence electrons. The van der Waals surface area contributed by atoms with Gasteiger partial charge in [0.1, 0.15) is 10.3 Å². The Morgan fingerprint density at radius 3 is 2.30 bits per heavy atom. The monoisotopic (exact) mass is 633 g/mol. The van der Waals surface area contributed by atoms with Crippen LogP contribution in [0, 0.1) is 5.92 Å². The summed E-state index contributed by atoms with van der Waals surface area (Å²) in [6, 6.07) is 17.0. The minimum Gasteiger partial charge on any atom is -0.478 e. The van der Waals surface area contributed by atoms with Gasteiger partial charge in [-0.15, -0.1) is 0 Å². The first kappa shape index (κ1) is 30.3. The van der Waals surface area contributed by atoms with Crippen molar-refractivity contribution in [1.82, 2.24) is 19.2 Å². The molecule has 1 amide bonds. The van der Waals surface area contributed by atoms with E-state index in [9.17, 15) is 23.1 Å². The van der Waals surface area contributed by atoms with Crippen LogP contribution in [0.3, 0.4) is 0 Å². The Morgan fingerprint density at radius 1 is 0.955 bits per heavy atom. The summed E-state index contributed by atoms with van der Waals surface area (Å²) < 4.78 is 28.1. The normalized spacial score (nSPS) is 17.6. The molecule has 44 heavy (non-hydrogen) atoms. The third kappa shape index (κ3) is 6.53. The van der Waals surface area contributed by atoms with Crippen molar-refractivity contribution in [1.29, 1.82) is 0 Å². The summed E-state index contributed by atoms with van der Waals surface area (Å²) in [6.45, 7) is 2.32. The molecule has 6 rings (SSSR count). The number of sulfonamides is 1. The largest absolute Gasteiger partial charge is 0.478 e. The van der Waals surface area contributed by atoms with Gasteiger partial charge in [0.15, 0.2) is 5.13 Å². The highest BCUT2D eigenvalue weighted by Gasteiger charge is 2.30. The van der Waals surface area contributed by atoms with Crippen LogP contribution in [-0.4, -0.2) is 77.8 Å². The Morgan fingerprint density at radius 2 is 1.64 bits per heavy atom. The molecule has 1 aliphatic carbocycles. The zero-order valence-electron chi connectivity index (χ0n) is 24.5. The predicted octanol–water partition coefficient (Wildman–Crippen LogP) is 5.30. The average Bonchev–Trinajstić information content (AvgIpc) is 3.69. The molecule has 12 heteroatoms. The van der Waals surface area contributed by atoms with Crippen LogP contribution >= 0.6 is 11.3 Å². The van der Waals surface area contributed by atoms with Crippen LogP contribution in [0.25, 0.3) is 21.6 Å². The van der Waals surface area contributed by atoms with E-state index in [0.29, 0.717) is 59.7 Å². The molecule has 1 saturated carbocycles. The lowest BCUT2D eigenvalue weighted by molar-refractivity contribution is -0.118. The number of piperazine rings is 1. The molecule has 4 aromatic rings. The zero-order chi connectivity index (χ0) is 30.8. The molecule has 1 saturated heterocycles. The van der Waals surface area contributed by atoms with E-state index >= 15 is 0 Å². The molecule has 1 unspecified atom stereocenters. The van der Waals surface area contributed by atoms with Crippen LogP contribution in [0.2, 0.25) is 0 Å². The lowest BCUT2D eigenvalue weighted by atomic mass is 9.87. The Balaban J connectivity index is 1.21. The number of thiazole rings is 1. The summed E-state index contributed by atoms with van der Waals surface area (Å²) in [5.74, 6) is -1.16. The van der Waals surface area contributed by atoms with Gasteiger partial charge in [-0.2, -0.15) is 4.31 Å². The van der Waals surface area contributed by atoms with Crippen molar-refractivity contribution in [2.24, 2.45) is 5.92 Å². The molecule has 0 bridgehead atoms. The lowest BCUT2D eigenvalue weighted by Crippen LogP contribution is -2.47. The van der Waals surface area contributed by atoms with Gasteiger partial charge >= 0.3 is 5.97 Å². The topological polar surface area (TPSA) is 133 Å². The number of pyridine rings is 1. The molecule has 0 spiro atoms. The van der Waals surface area contributed by atoms with Crippen LogP contribution in [0.4, 0.5) is 5.13 Å². The van der Waals surface area contributed by atoms with Crippen LogP contribution in [0.1, 0.15) is 53.9 Å². The molecular weight excluding hydrogens is 599 g/mol. The molecule has 2 N–H and O–H groups in total. The number of carboxylic acids is 1. The molecular formula is C32H35N5O5S2. The Bertz CT molecular complexity index is 1760. The maximum atomic E-state index is 13.8. The van der Waals surface area contributed by atoms with Gasteiger partial charge < -0.3 is 15.3 Å². The SMILES string of the molecule is CN1CCN(S(=O)(=O)c2ccc(C(CC3CCCC3)C(=O)Nc3nc4ccc(-c5ccc(C(=O)O)cc5)nc4s3)cc2)CC1. The summed E-state index contributed by atoms with van der Waals surface area (Å²) in [5.41, 5.74) is 3.11. The predicted molar refractivity (Wildman–Crippen MR) is 170 cm³/mol. The highest BCUT2D eigenvalue weighted by atomic mass is 32.2. The highest BCUT2D eigenvalue weighted by Crippen LogP contribution is 2.36. The van der Waals surface area contributed by atoms with E-state index < -0.39 is 21.9 Å². The van der Waals surface area contributed by atoms with Crippen LogP contribution < -0.4 is 5.32 Å². The minimum atomic E-state index is -3.60. The molecule has 3 heterocycles. The van der Waals surface area contributed by atoms with Gasteiger partial charge in [-0.05, 0) is 61.3 Å². The van der Waals surface area contributed by atoms with Crippen LogP contribution in [0.5, 0.6) is 0 Å². The first-order valence-corrected chi connectivity index (χ1v) is 17.1. The van der Waals surface area contributed by atoms with Gasteiger partial charge in [-0.1, -0.05) is 61.3 Å². The third-order valence-corrected chi connectivity index (χ3v) is 11.4. The number of aromatic carboxylic acids is 1. The number of fused-ring (bicyclic) bond motifs is 1. The number of carboxylic acid groups (broad SMARTS) is 1. The number of carbonyl (C=O) groups excluding carboxylic acids is 1. The Kier molecular flexibility index (Phi) is 8.77.